The second kappa shape index (κ2) is 3.81. The number of hydrogen-bond donors (Lipinski definition) is 1. The average Bonchev–Trinajstić information content (AvgIpc) is 2.20. The number of amides is 1. The predicted octanol–water partition coefficient (Wildman–Crippen LogP) is 2.06. The molecule has 1 N–H and O–H groups in total. The minimum absolute atomic E-state index is 0.172. The van der Waals surface area contributed by atoms with Crippen LogP contribution in [0.1, 0.15) is 12.5 Å². The zero-order valence-electron chi connectivity index (χ0n) is 9.03. The Balaban J connectivity index is 2.68. The van der Waals surface area contributed by atoms with Crippen LogP contribution in [0.15, 0.2) is 33.5 Å². The van der Waals surface area contributed by atoms with Gasteiger partial charge in [-0.15, -0.1) is 0 Å². The fourth-order valence-electron chi connectivity index (χ4n) is 1.57. The molecule has 1 aromatic carbocycles. The number of aryl methyl sites for hydroxylation is 1. The Kier molecular flexibility index (Phi) is 2.48. The van der Waals surface area contributed by atoms with E-state index >= 15 is 0 Å². The van der Waals surface area contributed by atoms with E-state index in [-0.39, 0.29) is 11.6 Å². The summed E-state index contributed by atoms with van der Waals surface area (Å²) in [7, 11) is 0. The van der Waals surface area contributed by atoms with Crippen LogP contribution in [-0.2, 0) is 4.79 Å². The number of fused-ring (bicyclic) bond motifs is 1. The van der Waals surface area contributed by atoms with Crippen LogP contribution >= 0.6 is 0 Å². The van der Waals surface area contributed by atoms with E-state index in [1.165, 1.54) is 6.92 Å². The first kappa shape index (κ1) is 10.4. The van der Waals surface area contributed by atoms with E-state index in [1.807, 2.05) is 25.1 Å². The normalized spacial score (nSPS) is 10.4. The number of rotatable bonds is 1. The molecule has 0 bridgehead atoms. The summed E-state index contributed by atoms with van der Waals surface area (Å²) >= 11 is 0. The summed E-state index contributed by atoms with van der Waals surface area (Å²) in [6.07, 6.45) is 0. The molecular formula is C12H11NO3. The molecular weight excluding hydrogens is 206 g/mol. The predicted molar refractivity (Wildman–Crippen MR) is 61.5 cm³/mol. The van der Waals surface area contributed by atoms with Crippen molar-refractivity contribution in [1.82, 2.24) is 0 Å². The van der Waals surface area contributed by atoms with Crippen LogP contribution < -0.4 is 10.9 Å². The molecule has 0 saturated carbocycles. The molecule has 0 saturated heterocycles. The molecule has 0 fully saturated rings. The molecule has 1 heterocycles. The molecule has 1 aromatic heterocycles. The molecule has 82 valence electrons. The highest BCUT2D eigenvalue weighted by Gasteiger charge is 2.07. The van der Waals surface area contributed by atoms with Crippen LogP contribution in [0.25, 0.3) is 11.0 Å². The smallest absolute Gasteiger partial charge is 0.360 e. The molecule has 0 unspecified atom stereocenters. The highest BCUT2D eigenvalue weighted by Crippen LogP contribution is 2.18. The Morgan fingerprint density at radius 1 is 1.38 bits per heavy atom. The van der Waals surface area contributed by atoms with Crippen molar-refractivity contribution >= 4 is 22.6 Å². The van der Waals surface area contributed by atoms with Crippen molar-refractivity contribution in [2.45, 2.75) is 13.8 Å². The first-order chi connectivity index (χ1) is 7.58. The first-order valence-electron chi connectivity index (χ1n) is 4.89. The molecule has 16 heavy (non-hydrogen) atoms. The zero-order chi connectivity index (χ0) is 11.7. The van der Waals surface area contributed by atoms with Crippen LogP contribution in [-0.4, -0.2) is 5.91 Å². The van der Waals surface area contributed by atoms with E-state index in [9.17, 15) is 9.59 Å². The molecule has 4 nitrogen and oxygen atoms in total. The summed E-state index contributed by atoms with van der Waals surface area (Å²) in [5.41, 5.74) is 1.09. The molecule has 0 aliphatic heterocycles. The van der Waals surface area contributed by atoms with Gasteiger partial charge in [0.2, 0.25) is 5.91 Å². The molecule has 2 aromatic rings. The number of para-hydroxylation sites is 1. The van der Waals surface area contributed by atoms with E-state index in [0.717, 1.165) is 10.9 Å². The van der Waals surface area contributed by atoms with E-state index in [0.29, 0.717) is 5.58 Å². The standard InChI is InChI=1S/C12H11NO3/c1-7-4-3-5-9-6-10(13-8(2)14)12(15)16-11(7)9/h3-6H,1-2H3,(H,13,14). The summed E-state index contributed by atoms with van der Waals surface area (Å²) in [6, 6.07) is 7.19. The lowest BCUT2D eigenvalue weighted by Crippen LogP contribution is -2.14. The molecule has 0 radical (unpaired) electrons. The second-order valence-electron chi connectivity index (χ2n) is 3.62. The largest absolute Gasteiger partial charge is 0.421 e. The quantitative estimate of drug-likeness (QED) is 0.744. The Morgan fingerprint density at radius 2 is 2.12 bits per heavy atom. The zero-order valence-corrected chi connectivity index (χ0v) is 9.03. The van der Waals surface area contributed by atoms with Crippen molar-refractivity contribution in [3.63, 3.8) is 0 Å². The lowest BCUT2D eigenvalue weighted by atomic mass is 10.1. The second-order valence-corrected chi connectivity index (χ2v) is 3.62. The number of benzene rings is 1. The van der Waals surface area contributed by atoms with Crippen molar-refractivity contribution in [3.8, 4) is 0 Å². The van der Waals surface area contributed by atoms with Crippen molar-refractivity contribution in [1.29, 1.82) is 0 Å². The number of hydrogen-bond acceptors (Lipinski definition) is 3. The van der Waals surface area contributed by atoms with Gasteiger partial charge < -0.3 is 9.73 Å². The van der Waals surface area contributed by atoms with Gasteiger partial charge in [0.25, 0.3) is 0 Å². The van der Waals surface area contributed by atoms with Gasteiger partial charge in [-0.05, 0) is 18.6 Å². The first-order valence-corrected chi connectivity index (χ1v) is 4.89. The van der Waals surface area contributed by atoms with Gasteiger partial charge in [0.1, 0.15) is 11.3 Å². The van der Waals surface area contributed by atoms with E-state index in [2.05, 4.69) is 5.32 Å². The van der Waals surface area contributed by atoms with Gasteiger partial charge in [-0.2, -0.15) is 0 Å². The Morgan fingerprint density at radius 3 is 2.81 bits per heavy atom. The average molecular weight is 217 g/mol. The SMILES string of the molecule is CC(=O)Nc1cc2cccc(C)c2oc1=O. The third-order valence-electron chi connectivity index (χ3n) is 2.27. The summed E-state index contributed by atoms with van der Waals surface area (Å²) in [5.74, 6) is -0.292. The van der Waals surface area contributed by atoms with Gasteiger partial charge in [0, 0.05) is 12.3 Å². The van der Waals surface area contributed by atoms with E-state index < -0.39 is 5.63 Å². The lowest BCUT2D eigenvalue weighted by Gasteiger charge is -2.03. The molecule has 0 aliphatic rings. The topological polar surface area (TPSA) is 59.3 Å². The van der Waals surface area contributed by atoms with Crippen LogP contribution in [0.3, 0.4) is 0 Å². The Bertz CT molecular complexity index is 613. The van der Waals surface area contributed by atoms with Crippen molar-refractivity contribution in [2.24, 2.45) is 0 Å². The Labute approximate surface area is 91.9 Å². The highest BCUT2D eigenvalue weighted by molar-refractivity contribution is 5.91. The molecule has 0 spiro atoms. The van der Waals surface area contributed by atoms with Crippen molar-refractivity contribution in [3.05, 3.63) is 40.2 Å². The van der Waals surface area contributed by atoms with Crippen LogP contribution in [0.2, 0.25) is 0 Å². The summed E-state index contributed by atoms with van der Waals surface area (Å²) in [5, 5.41) is 3.23. The van der Waals surface area contributed by atoms with Crippen LogP contribution in [0.4, 0.5) is 5.69 Å². The molecule has 2 rings (SSSR count). The van der Waals surface area contributed by atoms with Gasteiger partial charge in [0.05, 0.1) is 0 Å². The van der Waals surface area contributed by atoms with Crippen LogP contribution in [0, 0.1) is 6.92 Å². The van der Waals surface area contributed by atoms with Gasteiger partial charge in [-0.25, -0.2) is 4.79 Å². The van der Waals surface area contributed by atoms with Crippen LogP contribution in [0.5, 0.6) is 0 Å². The van der Waals surface area contributed by atoms with E-state index in [1.54, 1.807) is 6.07 Å². The highest BCUT2D eigenvalue weighted by atomic mass is 16.4. The maximum Gasteiger partial charge on any atom is 0.360 e. The van der Waals surface area contributed by atoms with Crippen molar-refractivity contribution < 1.29 is 9.21 Å². The third kappa shape index (κ3) is 1.82. The Hall–Kier alpha value is -2.10. The number of carbonyl (C=O) groups excluding carboxylic acids is 1. The monoisotopic (exact) mass is 217 g/mol. The molecule has 1 amide bonds. The maximum absolute atomic E-state index is 11.5. The summed E-state index contributed by atoms with van der Waals surface area (Å²) in [4.78, 5) is 22.4. The molecule has 4 heteroatoms. The third-order valence-corrected chi connectivity index (χ3v) is 2.27. The fourth-order valence-corrected chi connectivity index (χ4v) is 1.57. The molecule has 0 aliphatic carbocycles. The van der Waals surface area contributed by atoms with Gasteiger partial charge in [-0.3, -0.25) is 4.79 Å². The fraction of sp³-hybridized carbons (Fsp3) is 0.167. The molecule has 0 atom stereocenters. The summed E-state index contributed by atoms with van der Waals surface area (Å²) < 4.78 is 5.15. The number of anilines is 1. The van der Waals surface area contributed by atoms with Crippen molar-refractivity contribution in [2.75, 3.05) is 5.32 Å². The minimum Gasteiger partial charge on any atom is -0.421 e. The minimum atomic E-state index is -0.531. The lowest BCUT2D eigenvalue weighted by molar-refractivity contribution is -0.114. The van der Waals surface area contributed by atoms with Gasteiger partial charge >= 0.3 is 5.63 Å². The summed E-state index contributed by atoms with van der Waals surface area (Å²) in [6.45, 7) is 3.21. The number of carbonyl (C=O) groups is 1. The van der Waals surface area contributed by atoms with Gasteiger partial charge in [-0.1, -0.05) is 18.2 Å². The maximum atomic E-state index is 11.5. The number of nitrogens with one attached hydrogen (secondary N) is 1. The van der Waals surface area contributed by atoms with E-state index in [4.69, 9.17) is 4.42 Å². The van der Waals surface area contributed by atoms with Gasteiger partial charge in [0.15, 0.2) is 0 Å².